The normalized spacial score (nSPS) is 15.9. The smallest absolute Gasteiger partial charge is 0.248 e. The lowest BCUT2D eigenvalue weighted by Crippen LogP contribution is -2.47. The molecule has 1 amide bonds. The van der Waals surface area contributed by atoms with Gasteiger partial charge < -0.3 is 9.64 Å². The molecule has 0 radical (unpaired) electrons. The molecule has 1 saturated heterocycles. The van der Waals surface area contributed by atoms with Crippen LogP contribution < -0.4 is 0 Å². The van der Waals surface area contributed by atoms with Crippen LogP contribution in [0.3, 0.4) is 0 Å². The number of nitrogens with zero attached hydrogens (tertiary/aromatic N) is 5. The van der Waals surface area contributed by atoms with E-state index in [2.05, 4.69) is 22.4 Å². The third-order valence-electron chi connectivity index (χ3n) is 5.68. The van der Waals surface area contributed by atoms with Crippen LogP contribution in [0.1, 0.15) is 29.8 Å². The first kappa shape index (κ1) is 20.5. The van der Waals surface area contributed by atoms with Gasteiger partial charge in [0.15, 0.2) is 5.82 Å². The van der Waals surface area contributed by atoms with Gasteiger partial charge in [-0.05, 0) is 41.3 Å². The lowest BCUT2D eigenvalue weighted by atomic mass is 9.72. The molecule has 2 heterocycles. The molecule has 3 aromatic rings. The monoisotopic (exact) mass is 425 g/mol. The standard InChI is InChI=1S/C22H24ClN5O2/c1-30-16-20(29)27-13-11-22(12-14-27,18-5-3-2-4-6-18)21-24-26-28(25-21)15-17-7-9-19(23)10-8-17/h2-10H,11-16H2,1H3. The van der Waals surface area contributed by atoms with E-state index in [4.69, 9.17) is 21.4 Å². The summed E-state index contributed by atoms with van der Waals surface area (Å²) in [5.41, 5.74) is 1.83. The maximum absolute atomic E-state index is 12.3. The summed E-state index contributed by atoms with van der Waals surface area (Å²) in [5.74, 6) is 0.708. The first-order chi connectivity index (χ1) is 14.6. The predicted molar refractivity (Wildman–Crippen MR) is 113 cm³/mol. The highest BCUT2D eigenvalue weighted by Crippen LogP contribution is 2.39. The maximum atomic E-state index is 12.3. The van der Waals surface area contributed by atoms with Gasteiger partial charge in [-0.2, -0.15) is 4.80 Å². The topological polar surface area (TPSA) is 73.1 Å². The van der Waals surface area contributed by atoms with Crippen molar-refractivity contribution < 1.29 is 9.53 Å². The van der Waals surface area contributed by atoms with E-state index in [1.165, 1.54) is 0 Å². The minimum atomic E-state index is -0.372. The first-order valence-corrected chi connectivity index (χ1v) is 10.3. The molecule has 1 aliphatic rings. The highest BCUT2D eigenvalue weighted by Gasteiger charge is 2.42. The zero-order valence-electron chi connectivity index (χ0n) is 16.9. The zero-order chi connectivity index (χ0) is 21.0. The number of rotatable bonds is 6. The van der Waals surface area contributed by atoms with Crippen molar-refractivity contribution in [2.75, 3.05) is 26.8 Å². The molecular formula is C22H24ClN5O2. The summed E-state index contributed by atoms with van der Waals surface area (Å²) in [6.45, 7) is 1.88. The molecular weight excluding hydrogens is 402 g/mol. The molecule has 0 bridgehead atoms. The summed E-state index contributed by atoms with van der Waals surface area (Å²) in [4.78, 5) is 15.7. The molecule has 4 rings (SSSR count). The van der Waals surface area contributed by atoms with Crippen molar-refractivity contribution >= 4 is 17.5 Å². The number of carbonyl (C=O) groups excluding carboxylic acids is 1. The number of aromatic nitrogens is 4. The van der Waals surface area contributed by atoms with Gasteiger partial charge in [0, 0.05) is 25.2 Å². The Hall–Kier alpha value is -2.77. The quantitative estimate of drug-likeness (QED) is 0.607. The number of tetrazole rings is 1. The van der Waals surface area contributed by atoms with E-state index in [0.717, 1.165) is 24.0 Å². The molecule has 156 valence electrons. The average molecular weight is 426 g/mol. The summed E-state index contributed by atoms with van der Waals surface area (Å²) in [6, 6.07) is 17.9. The number of piperidine rings is 1. The minimum Gasteiger partial charge on any atom is -0.375 e. The van der Waals surface area contributed by atoms with Crippen LogP contribution >= 0.6 is 11.6 Å². The highest BCUT2D eigenvalue weighted by atomic mass is 35.5. The van der Waals surface area contributed by atoms with E-state index in [9.17, 15) is 4.79 Å². The van der Waals surface area contributed by atoms with E-state index >= 15 is 0 Å². The lowest BCUT2D eigenvalue weighted by molar-refractivity contribution is -0.136. The number of amides is 1. The van der Waals surface area contributed by atoms with Crippen LogP contribution in [-0.2, 0) is 21.5 Å². The van der Waals surface area contributed by atoms with Crippen molar-refractivity contribution in [3.8, 4) is 0 Å². The summed E-state index contributed by atoms with van der Waals surface area (Å²) in [6.07, 6.45) is 1.47. The molecule has 0 atom stereocenters. The number of hydrogen-bond acceptors (Lipinski definition) is 5. The van der Waals surface area contributed by atoms with Crippen LogP contribution in [0.25, 0.3) is 0 Å². The van der Waals surface area contributed by atoms with Crippen LogP contribution in [0, 0.1) is 0 Å². The van der Waals surface area contributed by atoms with Crippen molar-refractivity contribution in [1.29, 1.82) is 0 Å². The molecule has 0 N–H and O–H groups in total. The van der Waals surface area contributed by atoms with E-state index in [0.29, 0.717) is 30.5 Å². The average Bonchev–Trinajstić information content (AvgIpc) is 3.25. The van der Waals surface area contributed by atoms with Gasteiger partial charge in [0.05, 0.1) is 12.0 Å². The molecule has 0 saturated carbocycles. The van der Waals surface area contributed by atoms with Gasteiger partial charge in [-0.1, -0.05) is 54.1 Å². The maximum Gasteiger partial charge on any atom is 0.248 e. The Labute approximate surface area is 180 Å². The number of halogens is 1. The van der Waals surface area contributed by atoms with E-state index in [1.54, 1.807) is 11.9 Å². The fraction of sp³-hybridized carbons (Fsp3) is 0.364. The summed E-state index contributed by atoms with van der Waals surface area (Å²) < 4.78 is 5.01. The van der Waals surface area contributed by atoms with Gasteiger partial charge in [0.2, 0.25) is 5.91 Å². The number of methoxy groups -OCH3 is 1. The van der Waals surface area contributed by atoms with Crippen molar-refractivity contribution in [3.63, 3.8) is 0 Å². The molecule has 1 aromatic heterocycles. The molecule has 2 aromatic carbocycles. The molecule has 0 aliphatic carbocycles. The van der Waals surface area contributed by atoms with Crippen molar-refractivity contribution in [2.45, 2.75) is 24.8 Å². The van der Waals surface area contributed by atoms with Gasteiger partial charge in [-0.15, -0.1) is 10.2 Å². The number of likely N-dealkylation sites (tertiary alicyclic amines) is 1. The number of ether oxygens (including phenoxy) is 1. The Kier molecular flexibility index (Phi) is 6.11. The van der Waals surface area contributed by atoms with Crippen LogP contribution in [0.5, 0.6) is 0 Å². The fourth-order valence-electron chi connectivity index (χ4n) is 4.01. The predicted octanol–water partition coefficient (Wildman–Crippen LogP) is 2.93. The number of benzene rings is 2. The largest absolute Gasteiger partial charge is 0.375 e. The molecule has 30 heavy (non-hydrogen) atoms. The van der Waals surface area contributed by atoms with Gasteiger partial charge >= 0.3 is 0 Å². The molecule has 0 unspecified atom stereocenters. The SMILES string of the molecule is COCC(=O)N1CCC(c2ccccc2)(c2nnn(Cc3ccc(Cl)cc3)n2)CC1. The zero-order valence-corrected chi connectivity index (χ0v) is 17.6. The number of hydrogen-bond donors (Lipinski definition) is 0. The molecule has 7 nitrogen and oxygen atoms in total. The van der Waals surface area contributed by atoms with Gasteiger partial charge in [0.1, 0.15) is 6.61 Å². The van der Waals surface area contributed by atoms with Crippen LogP contribution in [0.4, 0.5) is 0 Å². The highest BCUT2D eigenvalue weighted by molar-refractivity contribution is 6.30. The molecule has 1 fully saturated rings. The Balaban J connectivity index is 1.59. The van der Waals surface area contributed by atoms with Crippen LogP contribution in [0.15, 0.2) is 54.6 Å². The first-order valence-electron chi connectivity index (χ1n) is 9.96. The van der Waals surface area contributed by atoms with Gasteiger partial charge in [-0.25, -0.2) is 0 Å². The third-order valence-corrected chi connectivity index (χ3v) is 5.93. The third kappa shape index (κ3) is 4.22. The van der Waals surface area contributed by atoms with Crippen LogP contribution in [0.2, 0.25) is 5.02 Å². The van der Waals surface area contributed by atoms with Crippen molar-refractivity contribution in [1.82, 2.24) is 25.1 Å². The second kappa shape index (κ2) is 8.93. The van der Waals surface area contributed by atoms with Crippen molar-refractivity contribution in [2.24, 2.45) is 0 Å². The second-order valence-corrected chi connectivity index (χ2v) is 7.97. The van der Waals surface area contributed by atoms with E-state index < -0.39 is 0 Å². The molecule has 0 spiro atoms. The van der Waals surface area contributed by atoms with Gasteiger partial charge in [0.25, 0.3) is 0 Å². The Morgan fingerprint density at radius 3 is 2.47 bits per heavy atom. The summed E-state index contributed by atoms with van der Waals surface area (Å²) in [5, 5.41) is 14.2. The Morgan fingerprint density at radius 1 is 1.10 bits per heavy atom. The Bertz CT molecular complexity index is 982. The van der Waals surface area contributed by atoms with Crippen molar-refractivity contribution in [3.05, 3.63) is 76.6 Å². The molecule has 8 heteroatoms. The van der Waals surface area contributed by atoms with Gasteiger partial charge in [-0.3, -0.25) is 4.79 Å². The van der Waals surface area contributed by atoms with E-state index in [-0.39, 0.29) is 17.9 Å². The lowest BCUT2D eigenvalue weighted by Gasteiger charge is -2.40. The Morgan fingerprint density at radius 2 is 1.80 bits per heavy atom. The minimum absolute atomic E-state index is 0.0125. The second-order valence-electron chi connectivity index (χ2n) is 7.53. The number of carbonyl (C=O) groups is 1. The molecule has 1 aliphatic heterocycles. The van der Waals surface area contributed by atoms with Crippen LogP contribution in [-0.4, -0.2) is 57.8 Å². The summed E-state index contributed by atoms with van der Waals surface area (Å²) >= 11 is 5.97. The van der Waals surface area contributed by atoms with E-state index in [1.807, 2.05) is 47.4 Å². The fourth-order valence-corrected chi connectivity index (χ4v) is 4.13. The summed E-state index contributed by atoms with van der Waals surface area (Å²) in [7, 11) is 1.54.